The summed E-state index contributed by atoms with van der Waals surface area (Å²) in [6.07, 6.45) is 0. The second-order valence-corrected chi connectivity index (χ2v) is 7.66. The standard InChI is InChI=1S/C20H23ClN2O2S/c1-14-9-10-17(11-18(14)21)26-13-19(22-15(2)24)20(25)23(3)12-16-7-5-4-6-8-16/h4-11,19H,12-13H2,1-3H3,(H,22,24). The van der Waals surface area contributed by atoms with E-state index in [4.69, 9.17) is 11.6 Å². The number of hydrogen-bond acceptors (Lipinski definition) is 3. The van der Waals surface area contributed by atoms with E-state index in [1.165, 1.54) is 18.7 Å². The van der Waals surface area contributed by atoms with Crippen LogP contribution < -0.4 is 5.32 Å². The highest BCUT2D eigenvalue weighted by Gasteiger charge is 2.23. The first kappa shape index (κ1) is 20.3. The van der Waals surface area contributed by atoms with Crippen molar-refractivity contribution in [1.29, 1.82) is 0 Å². The van der Waals surface area contributed by atoms with Crippen molar-refractivity contribution in [2.24, 2.45) is 0 Å². The van der Waals surface area contributed by atoms with Crippen molar-refractivity contribution in [3.63, 3.8) is 0 Å². The SMILES string of the molecule is CC(=O)NC(CSc1ccc(C)c(Cl)c1)C(=O)N(C)Cc1ccccc1. The molecule has 0 aromatic heterocycles. The number of hydrogen-bond donors (Lipinski definition) is 1. The summed E-state index contributed by atoms with van der Waals surface area (Å²) in [5.41, 5.74) is 2.05. The Labute approximate surface area is 163 Å². The number of carbonyl (C=O) groups is 2. The average molecular weight is 391 g/mol. The number of nitrogens with one attached hydrogen (secondary N) is 1. The maximum atomic E-state index is 12.8. The number of amides is 2. The zero-order valence-corrected chi connectivity index (χ0v) is 16.7. The quantitative estimate of drug-likeness (QED) is 0.729. The minimum absolute atomic E-state index is 0.116. The fraction of sp³-hybridized carbons (Fsp3) is 0.300. The molecule has 4 nitrogen and oxygen atoms in total. The van der Waals surface area contributed by atoms with Crippen LogP contribution >= 0.6 is 23.4 Å². The molecule has 6 heteroatoms. The summed E-state index contributed by atoms with van der Waals surface area (Å²) in [5.74, 6) is 0.102. The topological polar surface area (TPSA) is 49.4 Å². The van der Waals surface area contributed by atoms with Gasteiger partial charge in [-0.25, -0.2) is 0 Å². The lowest BCUT2D eigenvalue weighted by molar-refractivity contribution is -0.134. The Morgan fingerprint density at radius 3 is 2.50 bits per heavy atom. The molecule has 0 aliphatic rings. The van der Waals surface area contributed by atoms with Crippen molar-refractivity contribution in [3.8, 4) is 0 Å². The Balaban J connectivity index is 2.03. The highest BCUT2D eigenvalue weighted by molar-refractivity contribution is 7.99. The van der Waals surface area contributed by atoms with Gasteiger partial charge in [0, 0.05) is 36.2 Å². The summed E-state index contributed by atoms with van der Waals surface area (Å²) in [6.45, 7) is 3.86. The molecule has 0 saturated heterocycles. The molecule has 26 heavy (non-hydrogen) atoms. The van der Waals surface area contributed by atoms with Crippen LogP contribution in [0.4, 0.5) is 0 Å². The minimum atomic E-state index is -0.591. The molecule has 0 heterocycles. The van der Waals surface area contributed by atoms with E-state index in [0.29, 0.717) is 17.3 Å². The molecule has 2 rings (SSSR count). The number of likely N-dealkylation sites (N-methyl/N-ethyl adjacent to an activating group) is 1. The molecule has 0 spiro atoms. The third-order valence-corrected chi connectivity index (χ3v) is 5.37. The van der Waals surface area contributed by atoms with Crippen molar-refractivity contribution in [2.45, 2.75) is 31.3 Å². The number of nitrogens with zero attached hydrogens (tertiary/aromatic N) is 1. The van der Waals surface area contributed by atoms with Crippen LogP contribution in [0, 0.1) is 6.92 Å². The molecule has 0 bridgehead atoms. The lowest BCUT2D eigenvalue weighted by Gasteiger charge is -2.24. The van der Waals surface area contributed by atoms with Crippen molar-refractivity contribution >= 4 is 35.2 Å². The van der Waals surface area contributed by atoms with Crippen LogP contribution in [0.1, 0.15) is 18.1 Å². The highest BCUT2D eigenvalue weighted by atomic mass is 35.5. The predicted octanol–water partition coefficient (Wildman–Crippen LogP) is 3.90. The summed E-state index contributed by atoms with van der Waals surface area (Å²) in [6, 6.07) is 15.0. The Kier molecular flexibility index (Phi) is 7.54. The van der Waals surface area contributed by atoms with Gasteiger partial charge in [0.2, 0.25) is 11.8 Å². The van der Waals surface area contributed by atoms with E-state index in [1.54, 1.807) is 11.9 Å². The van der Waals surface area contributed by atoms with Gasteiger partial charge in [0.25, 0.3) is 0 Å². The van der Waals surface area contributed by atoms with Crippen LogP contribution in [0.2, 0.25) is 5.02 Å². The van der Waals surface area contributed by atoms with E-state index >= 15 is 0 Å². The molecule has 1 N–H and O–H groups in total. The minimum Gasteiger partial charge on any atom is -0.344 e. The molecule has 2 amide bonds. The number of rotatable bonds is 7. The fourth-order valence-electron chi connectivity index (χ4n) is 2.46. The maximum absolute atomic E-state index is 12.8. The summed E-state index contributed by atoms with van der Waals surface area (Å²) in [4.78, 5) is 26.9. The van der Waals surface area contributed by atoms with Gasteiger partial charge in [-0.05, 0) is 30.2 Å². The first-order valence-electron chi connectivity index (χ1n) is 8.31. The normalized spacial score (nSPS) is 11.7. The van der Waals surface area contributed by atoms with Gasteiger partial charge in [-0.1, -0.05) is 48.0 Å². The summed E-state index contributed by atoms with van der Waals surface area (Å²) in [5, 5.41) is 3.45. The maximum Gasteiger partial charge on any atom is 0.246 e. The predicted molar refractivity (Wildman–Crippen MR) is 107 cm³/mol. The monoisotopic (exact) mass is 390 g/mol. The van der Waals surface area contributed by atoms with Crippen molar-refractivity contribution in [2.75, 3.05) is 12.8 Å². The molecule has 138 valence electrons. The van der Waals surface area contributed by atoms with Crippen LogP contribution in [-0.2, 0) is 16.1 Å². The van der Waals surface area contributed by atoms with E-state index in [-0.39, 0.29) is 11.8 Å². The zero-order chi connectivity index (χ0) is 19.1. The van der Waals surface area contributed by atoms with Crippen molar-refractivity contribution in [3.05, 3.63) is 64.7 Å². The summed E-state index contributed by atoms with van der Waals surface area (Å²) < 4.78 is 0. The lowest BCUT2D eigenvalue weighted by atomic mass is 10.2. The van der Waals surface area contributed by atoms with Gasteiger partial charge < -0.3 is 10.2 Å². The smallest absolute Gasteiger partial charge is 0.246 e. The first-order valence-corrected chi connectivity index (χ1v) is 9.68. The Bertz CT molecular complexity index is 768. The molecule has 0 fully saturated rings. The van der Waals surface area contributed by atoms with Crippen molar-refractivity contribution in [1.82, 2.24) is 10.2 Å². The molecule has 0 radical (unpaired) electrons. The molecule has 0 aliphatic heterocycles. The van der Waals surface area contributed by atoms with Crippen LogP contribution in [0.5, 0.6) is 0 Å². The van der Waals surface area contributed by atoms with Gasteiger partial charge in [-0.15, -0.1) is 11.8 Å². The molecule has 1 unspecified atom stereocenters. The van der Waals surface area contributed by atoms with E-state index in [9.17, 15) is 9.59 Å². The van der Waals surface area contributed by atoms with Gasteiger partial charge in [0.05, 0.1) is 0 Å². The van der Waals surface area contributed by atoms with Gasteiger partial charge in [0.15, 0.2) is 0 Å². The number of carbonyl (C=O) groups excluding carboxylic acids is 2. The number of aryl methyl sites for hydroxylation is 1. The molecule has 2 aromatic carbocycles. The van der Waals surface area contributed by atoms with Crippen LogP contribution in [0.25, 0.3) is 0 Å². The summed E-state index contributed by atoms with van der Waals surface area (Å²) in [7, 11) is 1.75. The van der Waals surface area contributed by atoms with Gasteiger partial charge in [0.1, 0.15) is 6.04 Å². The van der Waals surface area contributed by atoms with E-state index in [1.807, 2.05) is 55.5 Å². The Morgan fingerprint density at radius 2 is 1.88 bits per heavy atom. The molecule has 2 aromatic rings. The van der Waals surface area contributed by atoms with E-state index < -0.39 is 6.04 Å². The second kappa shape index (κ2) is 9.64. The fourth-order valence-corrected chi connectivity index (χ4v) is 3.66. The molecular formula is C20H23ClN2O2S. The Morgan fingerprint density at radius 1 is 1.19 bits per heavy atom. The average Bonchev–Trinajstić information content (AvgIpc) is 2.61. The second-order valence-electron chi connectivity index (χ2n) is 6.16. The van der Waals surface area contributed by atoms with Crippen LogP contribution in [0.15, 0.2) is 53.4 Å². The van der Waals surface area contributed by atoms with Crippen LogP contribution in [0.3, 0.4) is 0 Å². The van der Waals surface area contributed by atoms with Crippen molar-refractivity contribution < 1.29 is 9.59 Å². The lowest BCUT2D eigenvalue weighted by Crippen LogP contribution is -2.48. The third kappa shape index (κ3) is 6.07. The molecule has 0 saturated carbocycles. The number of thioether (sulfide) groups is 1. The van der Waals surface area contributed by atoms with Gasteiger partial charge in [-0.3, -0.25) is 9.59 Å². The number of halogens is 1. The summed E-state index contributed by atoms with van der Waals surface area (Å²) >= 11 is 7.66. The highest BCUT2D eigenvalue weighted by Crippen LogP contribution is 2.25. The zero-order valence-electron chi connectivity index (χ0n) is 15.2. The third-order valence-electron chi connectivity index (χ3n) is 3.87. The van der Waals surface area contributed by atoms with E-state index in [2.05, 4.69) is 5.32 Å². The molecular weight excluding hydrogens is 368 g/mol. The Hall–Kier alpha value is -1.98. The number of benzene rings is 2. The largest absolute Gasteiger partial charge is 0.344 e. The van der Waals surface area contributed by atoms with E-state index in [0.717, 1.165) is 16.0 Å². The molecule has 1 atom stereocenters. The van der Waals surface area contributed by atoms with Gasteiger partial charge in [-0.2, -0.15) is 0 Å². The van der Waals surface area contributed by atoms with Crippen LogP contribution in [-0.4, -0.2) is 35.6 Å². The van der Waals surface area contributed by atoms with Gasteiger partial charge >= 0.3 is 0 Å². The first-order chi connectivity index (χ1) is 12.4. The molecule has 0 aliphatic carbocycles.